The van der Waals surface area contributed by atoms with Gasteiger partial charge in [0.2, 0.25) is 0 Å². The molecule has 358 valence electrons. The molecule has 6 N–H and O–H groups in total. The lowest BCUT2D eigenvalue weighted by molar-refractivity contribution is -0.220. The van der Waals surface area contributed by atoms with Crippen LogP contribution in [0, 0.1) is 0 Å². The number of unbranched alkanes of at least 4 members (excludes halogenated alkanes) is 17. The van der Waals surface area contributed by atoms with E-state index in [0.29, 0.717) is 32.1 Å². The van der Waals surface area contributed by atoms with E-state index < -0.39 is 75.7 Å². The molecule has 0 aromatic carbocycles. The summed E-state index contributed by atoms with van der Waals surface area (Å²) in [6, 6.07) is 0. The number of ether oxygens (including phenoxy) is 2. The number of rotatable bonds is 38. The summed E-state index contributed by atoms with van der Waals surface area (Å²) >= 11 is 0. The molecular weight excluding hydrogens is 819 g/mol. The number of carbonyl (C=O) groups excluding carboxylic acids is 3. The van der Waals surface area contributed by atoms with E-state index in [9.17, 15) is 49.4 Å². The molecule has 1 aliphatic carbocycles. The Labute approximate surface area is 371 Å². The molecule has 1 aliphatic rings. The molecular formula is C47H81O14P. The molecule has 0 aliphatic heterocycles. The van der Waals surface area contributed by atoms with Crippen molar-refractivity contribution in [1.82, 2.24) is 0 Å². The highest BCUT2D eigenvalue weighted by Gasteiger charge is 2.51. The van der Waals surface area contributed by atoms with Crippen LogP contribution < -0.4 is 0 Å². The first-order valence-electron chi connectivity index (χ1n) is 23.4. The van der Waals surface area contributed by atoms with E-state index in [2.05, 4.69) is 13.8 Å². The van der Waals surface area contributed by atoms with E-state index in [4.69, 9.17) is 18.5 Å². The summed E-state index contributed by atoms with van der Waals surface area (Å²) in [6.07, 6.45) is 25.8. The monoisotopic (exact) mass is 901 g/mol. The normalized spacial score (nSPS) is 22.2. The van der Waals surface area contributed by atoms with Crippen LogP contribution in [0.2, 0.25) is 0 Å². The number of esters is 2. The van der Waals surface area contributed by atoms with E-state index in [-0.39, 0.29) is 18.6 Å². The second-order valence-corrected chi connectivity index (χ2v) is 17.7. The van der Waals surface area contributed by atoms with Crippen LogP contribution in [0.25, 0.3) is 0 Å². The fourth-order valence-electron chi connectivity index (χ4n) is 6.82. The number of phosphoric acid groups is 1. The van der Waals surface area contributed by atoms with Crippen molar-refractivity contribution in [3.05, 3.63) is 48.6 Å². The molecule has 0 aromatic heterocycles. The summed E-state index contributed by atoms with van der Waals surface area (Å²) in [5.41, 5.74) is 0. The molecule has 0 heterocycles. The van der Waals surface area contributed by atoms with Gasteiger partial charge in [0.25, 0.3) is 0 Å². The maximum Gasteiger partial charge on any atom is 0.472 e. The van der Waals surface area contributed by atoms with Crippen LogP contribution in [0.4, 0.5) is 0 Å². The minimum Gasteiger partial charge on any atom is -0.462 e. The zero-order valence-electron chi connectivity index (χ0n) is 37.6. The summed E-state index contributed by atoms with van der Waals surface area (Å²) in [7, 11) is -5.15. The van der Waals surface area contributed by atoms with E-state index in [0.717, 1.165) is 44.9 Å². The van der Waals surface area contributed by atoms with Gasteiger partial charge in [0.15, 0.2) is 11.9 Å². The Hall–Kier alpha value is -2.52. The summed E-state index contributed by atoms with van der Waals surface area (Å²) < 4.78 is 33.4. The zero-order valence-corrected chi connectivity index (χ0v) is 38.5. The van der Waals surface area contributed by atoms with Crippen LogP contribution in [-0.4, -0.2) is 104 Å². The number of aliphatic hydroxyl groups is 5. The summed E-state index contributed by atoms with van der Waals surface area (Å²) in [5, 5.41) is 50.1. The van der Waals surface area contributed by atoms with E-state index in [1.165, 1.54) is 70.6 Å². The first-order chi connectivity index (χ1) is 29.8. The zero-order chi connectivity index (χ0) is 45.9. The fourth-order valence-corrected chi connectivity index (χ4v) is 7.80. The van der Waals surface area contributed by atoms with Gasteiger partial charge in [0.1, 0.15) is 43.2 Å². The SMILES string of the molecule is CCCCCCCCCCCCCCCCCC(=O)OC[C@H](COP(=O)(O)OC1[C@H](O)[C@H](O)C(O)[C@H](O)[C@H]1O)OC(=O)CCC/C=C\C/C=C\C/C=C\C=C\C(=O)CCCCC. The topological polar surface area (TPSA) is 227 Å². The van der Waals surface area contributed by atoms with Crippen LogP contribution in [0.3, 0.4) is 0 Å². The average Bonchev–Trinajstić information content (AvgIpc) is 3.25. The van der Waals surface area contributed by atoms with Crippen molar-refractivity contribution >= 4 is 25.5 Å². The van der Waals surface area contributed by atoms with Gasteiger partial charge in [-0.2, -0.15) is 0 Å². The Morgan fingerprint density at radius 3 is 1.60 bits per heavy atom. The van der Waals surface area contributed by atoms with Crippen molar-refractivity contribution in [3.8, 4) is 0 Å². The van der Waals surface area contributed by atoms with Crippen molar-refractivity contribution in [2.75, 3.05) is 13.2 Å². The van der Waals surface area contributed by atoms with Crippen LogP contribution in [0.1, 0.15) is 174 Å². The molecule has 1 rings (SSSR count). The molecule has 8 atom stereocenters. The minimum atomic E-state index is -5.15. The molecule has 0 spiro atoms. The number of aliphatic hydroxyl groups excluding tert-OH is 5. The first kappa shape index (κ1) is 57.5. The highest BCUT2D eigenvalue weighted by atomic mass is 31.2. The third kappa shape index (κ3) is 29.0. The van der Waals surface area contributed by atoms with Crippen LogP contribution in [0.5, 0.6) is 0 Å². The van der Waals surface area contributed by atoms with Crippen molar-refractivity contribution in [2.24, 2.45) is 0 Å². The standard InChI is InChI=1S/C47H81O14P/c1-3-5-7-8-9-10-11-12-13-14-17-20-23-26-30-34-40(49)58-36-39(37-59-62(56,57)61-47-45(54)43(52)42(51)44(53)46(47)55)60-41(50)35-31-27-24-21-18-15-16-19-22-25-29-33-38(48)32-28-6-4-2/h15-16,21-22,24-25,29,33,39,42-47,51-55H,3-14,17-20,23,26-28,30-32,34-37H2,1-2H3,(H,56,57)/b16-15-,24-21-,25-22-,33-29+/t39-,42?,43-,44+,45-,46-,47?/m1/s1. The van der Waals surface area contributed by atoms with Crippen LogP contribution in [0.15, 0.2) is 48.6 Å². The highest BCUT2D eigenvalue weighted by Crippen LogP contribution is 2.47. The Bertz CT molecular complexity index is 1330. The molecule has 15 heteroatoms. The second-order valence-electron chi connectivity index (χ2n) is 16.3. The van der Waals surface area contributed by atoms with Gasteiger partial charge in [0, 0.05) is 19.3 Å². The third-order valence-corrected chi connectivity index (χ3v) is 11.6. The highest BCUT2D eigenvalue weighted by molar-refractivity contribution is 7.47. The molecule has 0 amide bonds. The Kier molecular flexibility index (Phi) is 34.1. The van der Waals surface area contributed by atoms with Gasteiger partial charge in [-0.25, -0.2) is 4.57 Å². The number of phosphoric ester groups is 1. The summed E-state index contributed by atoms with van der Waals surface area (Å²) in [5.74, 6) is -1.06. The van der Waals surface area contributed by atoms with Crippen LogP contribution >= 0.6 is 7.82 Å². The Balaban J connectivity index is 2.52. The maximum absolute atomic E-state index is 12.8. The van der Waals surface area contributed by atoms with Crippen LogP contribution in [-0.2, 0) is 37.5 Å². The molecule has 0 bridgehead atoms. The predicted molar refractivity (Wildman–Crippen MR) is 240 cm³/mol. The van der Waals surface area contributed by atoms with Gasteiger partial charge in [0.05, 0.1) is 6.61 Å². The van der Waals surface area contributed by atoms with E-state index >= 15 is 0 Å². The molecule has 1 fully saturated rings. The Morgan fingerprint density at radius 2 is 1.02 bits per heavy atom. The van der Waals surface area contributed by atoms with Crippen molar-refractivity contribution in [2.45, 2.75) is 217 Å². The minimum absolute atomic E-state index is 0.00494. The quantitative estimate of drug-likeness (QED) is 0.00855. The lowest BCUT2D eigenvalue weighted by Gasteiger charge is -2.41. The number of carbonyl (C=O) groups is 3. The first-order valence-corrected chi connectivity index (χ1v) is 24.9. The molecule has 1 saturated carbocycles. The third-order valence-electron chi connectivity index (χ3n) is 10.6. The molecule has 14 nitrogen and oxygen atoms in total. The number of hydrogen-bond donors (Lipinski definition) is 6. The maximum atomic E-state index is 12.8. The van der Waals surface area contributed by atoms with Gasteiger partial charge in [-0.1, -0.05) is 159 Å². The van der Waals surface area contributed by atoms with Gasteiger partial charge in [-0.05, 0) is 44.6 Å². The number of ketones is 1. The molecule has 3 unspecified atom stereocenters. The fraction of sp³-hybridized carbons (Fsp3) is 0.766. The lowest BCUT2D eigenvalue weighted by Crippen LogP contribution is -2.64. The van der Waals surface area contributed by atoms with E-state index in [1.54, 1.807) is 12.2 Å². The molecule has 0 aromatic rings. The van der Waals surface area contributed by atoms with Gasteiger partial charge >= 0.3 is 19.8 Å². The molecule has 62 heavy (non-hydrogen) atoms. The second kappa shape index (κ2) is 36.8. The van der Waals surface area contributed by atoms with Gasteiger partial charge in [-0.3, -0.25) is 23.4 Å². The molecule has 0 saturated heterocycles. The smallest absolute Gasteiger partial charge is 0.462 e. The van der Waals surface area contributed by atoms with Crippen molar-refractivity contribution < 1.29 is 67.9 Å². The number of allylic oxidation sites excluding steroid dienone is 8. The average molecular weight is 901 g/mol. The lowest BCUT2D eigenvalue weighted by atomic mass is 9.85. The summed E-state index contributed by atoms with van der Waals surface area (Å²) in [4.78, 5) is 47.4. The van der Waals surface area contributed by atoms with Crippen molar-refractivity contribution in [1.29, 1.82) is 0 Å². The molecule has 0 radical (unpaired) electrons. The predicted octanol–water partition coefficient (Wildman–Crippen LogP) is 8.35. The Morgan fingerprint density at radius 1 is 0.548 bits per heavy atom. The largest absolute Gasteiger partial charge is 0.472 e. The summed E-state index contributed by atoms with van der Waals surface area (Å²) in [6.45, 7) is 3.09. The van der Waals surface area contributed by atoms with Gasteiger partial charge in [-0.15, -0.1) is 0 Å². The van der Waals surface area contributed by atoms with Gasteiger partial charge < -0.3 is 39.9 Å². The van der Waals surface area contributed by atoms with E-state index in [1.807, 2.05) is 36.5 Å². The van der Waals surface area contributed by atoms with Crippen molar-refractivity contribution in [3.63, 3.8) is 0 Å². The number of hydrogen-bond acceptors (Lipinski definition) is 13.